The second kappa shape index (κ2) is 12.0. The first-order chi connectivity index (χ1) is 8.16. The Morgan fingerprint density at radius 3 is 2.18 bits per heavy atom. The fourth-order valence-corrected chi connectivity index (χ4v) is 1.72. The van der Waals surface area contributed by atoms with Crippen molar-refractivity contribution in [3.63, 3.8) is 0 Å². The van der Waals surface area contributed by atoms with Crippen molar-refractivity contribution in [1.82, 2.24) is 5.32 Å². The lowest BCUT2D eigenvalue weighted by Crippen LogP contribution is -2.26. The van der Waals surface area contributed by atoms with E-state index >= 15 is 0 Å². The van der Waals surface area contributed by atoms with E-state index in [9.17, 15) is 4.79 Å². The molecule has 0 aromatic carbocycles. The third kappa shape index (κ3) is 13.5. The summed E-state index contributed by atoms with van der Waals surface area (Å²) in [6.07, 6.45) is 9.67. The van der Waals surface area contributed by atoms with Crippen LogP contribution in [-0.2, 0) is 4.74 Å². The Kier molecular flexibility index (Phi) is 11.7. The SMILES string of the molecule is CCCCCCCCCCNC(=O)OC(C)Cl. The van der Waals surface area contributed by atoms with Crippen LogP contribution in [0.15, 0.2) is 0 Å². The lowest BCUT2D eigenvalue weighted by Gasteiger charge is -2.07. The molecule has 0 saturated heterocycles. The van der Waals surface area contributed by atoms with Gasteiger partial charge in [0.05, 0.1) is 0 Å². The molecule has 0 heterocycles. The third-order valence-electron chi connectivity index (χ3n) is 2.57. The minimum Gasteiger partial charge on any atom is -0.430 e. The van der Waals surface area contributed by atoms with Gasteiger partial charge in [-0.15, -0.1) is 0 Å². The van der Waals surface area contributed by atoms with Gasteiger partial charge in [-0.05, 0) is 13.3 Å². The van der Waals surface area contributed by atoms with Crippen molar-refractivity contribution in [2.24, 2.45) is 0 Å². The molecule has 0 bridgehead atoms. The first-order valence-corrected chi connectivity index (χ1v) is 7.19. The number of nitrogens with one attached hydrogen (secondary N) is 1. The number of carbonyl (C=O) groups excluding carboxylic acids is 1. The van der Waals surface area contributed by atoms with Gasteiger partial charge in [-0.3, -0.25) is 0 Å². The highest BCUT2D eigenvalue weighted by atomic mass is 35.5. The Bertz CT molecular complexity index is 186. The van der Waals surface area contributed by atoms with Crippen LogP contribution in [0.2, 0.25) is 0 Å². The van der Waals surface area contributed by atoms with E-state index < -0.39 is 11.7 Å². The number of hydrogen-bond acceptors (Lipinski definition) is 2. The zero-order chi connectivity index (χ0) is 12.9. The second-order valence-electron chi connectivity index (χ2n) is 4.35. The molecular formula is C13H26ClNO2. The molecule has 17 heavy (non-hydrogen) atoms. The van der Waals surface area contributed by atoms with Gasteiger partial charge in [0.2, 0.25) is 0 Å². The van der Waals surface area contributed by atoms with Crippen molar-refractivity contribution in [3.8, 4) is 0 Å². The van der Waals surface area contributed by atoms with Crippen LogP contribution in [0, 0.1) is 0 Å². The van der Waals surface area contributed by atoms with E-state index in [0.29, 0.717) is 6.54 Å². The van der Waals surface area contributed by atoms with Crippen LogP contribution < -0.4 is 5.32 Å². The van der Waals surface area contributed by atoms with E-state index in [0.717, 1.165) is 6.42 Å². The maximum Gasteiger partial charge on any atom is 0.408 e. The highest BCUT2D eigenvalue weighted by Gasteiger charge is 2.04. The predicted octanol–water partition coefficient (Wildman–Crippen LogP) is 4.44. The summed E-state index contributed by atoms with van der Waals surface area (Å²) in [6.45, 7) is 4.53. The van der Waals surface area contributed by atoms with Gasteiger partial charge in [0, 0.05) is 6.54 Å². The van der Waals surface area contributed by atoms with Gasteiger partial charge in [-0.2, -0.15) is 0 Å². The summed E-state index contributed by atoms with van der Waals surface area (Å²) in [5, 5.41) is 2.68. The molecule has 102 valence electrons. The molecule has 3 nitrogen and oxygen atoms in total. The number of alkyl carbamates (subject to hydrolysis) is 1. The van der Waals surface area contributed by atoms with Crippen LogP contribution in [-0.4, -0.2) is 18.2 Å². The lowest BCUT2D eigenvalue weighted by atomic mass is 10.1. The molecule has 0 aliphatic rings. The standard InChI is InChI=1S/C13H26ClNO2/c1-3-4-5-6-7-8-9-10-11-15-13(16)17-12(2)14/h12H,3-11H2,1-2H3,(H,15,16). The molecule has 0 spiro atoms. The van der Waals surface area contributed by atoms with Crippen LogP contribution >= 0.6 is 11.6 Å². The Balaban J connectivity index is 3.10. The van der Waals surface area contributed by atoms with Crippen molar-refractivity contribution < 1.29 is 9.53 Å². The van der Waals surface area contributed by atoms with Gasteiger partial charge in [-0.25, -0.2) is 4.79 Å². The minimum atomic E-state index is -0.562. The van der Waals surface area contributed by atoms with Gasteiger partial charge >= 0.3 is 6.09 Å². The molecule has 0 aromatic rings. The molecule has 0 aliphatic heterocycles. The number of rotatable bonds is 10. The van der Waals surface area contributed by atoms with Gasteiger partial charge in [0.25, 0.3) is 0 Å². The van der Waals surface area contributed by atoms with Crippen LogP contribution in [0.25, 0.3) is 0 Å². The summed E-state index contributed by atoms with van der Waals surface area (Å²) < 4.78 is 4.74. The Hall–Kier alpha value is -0.440. The molecule has 0 aromatic heterocycles. The molecule has 0 aliphatic carbocycles. The summed E-state index contributed by atoms with van der Waals surface area (Å²) in [4.78, 5) is 11.0. The van der Waals surface area contributed by atoms with Crippen molar-refractivity contribution in [2.75, 3.05) is 6.54 Å². The zero-order valence-electron chi connectivity index (χ0n) is 11.1. The van der Waals surface area contributed by atoms with E-state index in [1.807, 2.05) is 0 Å². The Labute approximate surface area is 110 Å². The van der Waals surface area contributed by atoms with Crippen LogP contribution in [0.1, 0.15) is 65.2 Å². The number of ether oxygens (including phenoxy) is 1. The van der Waals surface area contributed by atoms with E-state index in [1.54, 1.807) is 6.92 Å². The molecule has 0 saturated carbocycles. The lowest BCUT2D eigenvalue weighted by molar-refractivity contribution is 0.138. The van der Waals surface area contributed by atoms with Crippen molar-refractivity contribution >= 4 is 17.7 Å². The number of unbranched alkanes of at least 4 members (excludes halogenated alkanes) is 7. The predicted molar refractivity (Wildman–Crippen MR) is 72.4 cm³/mol. The van der Waals surface area contributed by atoms with Gasteiger partial charge in [-0.1, -0.05) is 63.5 Å². The van der Waals surface area contributed by atoms with Gasteiger partial charge in [0.15, 0.2) is 5.56 Å². The first kappa shape index (κ1) is 16.6. The van der Waals surface area contributed by atoms with Crippen molar-refractivity contribution in [1.29, 1.82) is 0 Å². The fraction of sp³-hybridized carbons (Fsp3) is 0.923. The average Bonchev–Trinajstić information content (AvgIpc) is 2.26. The molecule has 1 amide bonds. The highest BCUT2D eigenvalue weighted by Crippen LogP contribution is 2.07. The van der Waals surface area contributed by atoms with E-state index in [2.05, 4.69) is 12.2 Å². The number of amides is 1. The largest absolute Gasteiger partial charge is 0.430 e. The van der Waals surface area contributed by atoms with Crippen LogP contribution in [0.5, 0.6) is 0 Å². The highest BCUT2D eigenvalue weighted by molar-refractivity contribution is 6.19. The molecule has 1 unspecified atom stereocenters. The molecule has 0 radical (unpaired) electrons. The molecule has 1 atom stereocenters. The van der Waals surface area contributed by atoms with E-state index in [1.165, 1.54) is 44.9 Å². The monoisotopic (exact) mass is 263 g/mol. The van der Waals surface area contributed by atoms with Gasteiger partial charge in [0.1, 0.15) is 0 Å². The number of halogens is 1. The van der Waals surface area contributed by atoms with Crippen LogP contribution in [0.4, 0.5) is 4.79 Å². The maximum atomic E-state index is 11.0. The molecule has 4 heteroatoms. The fourth-order valence-electron chi connectivity index (χ4n) is 1.64. The number of alkyl halides is 1. The van der Waals surface area contributed by atoms with E-state index in [4.69, 9.17) is 16.3 Å². The summed E-state index contributed by atoms with van der Waals surface area (Å²) in [5.74, 6) is 0. The molecular weight excluding hydrogens is 238 g/mol. The quantitative estimate of drug-likeness (QED) is 0.467. The smallest absolute Gasteiger partial charge is 0.408 e. The third-order valence-corrected chi connectivity index (χ3v) is 2.66. The van der Waals surface area contributed by atoms with E-state index in [-0.39, 0.29) is 0 Å². The Morgan fingerprint density at radius 1 is 1.12 bits per heavy atom. The first-order valence-electron chi connectivity index (χ1n) is 6.75. The summed E-state index contributed by atoms with van der Waals surface area (Å²) in [5.41, 5.74) is -0.562. The zero-order valence-corrected chi connectivity index (χ0v) is 11.9. The summed E-state index contributed by atoms with van der Waals surface area (Å²) in [7, 11) is 0. The Morgan fingerprint density at radius 2 is 1.65 bits per heavy atom. The number of carbonyl (C=O) groups is 1. The average molecular weight is 264 g/mol. The van der Waals surface area contributed by atoms with Crippen molar-refractivity contribution in [2.45, 2.75) is 70.8 Å². The molecule has 1 N–H and O–H groups in total. The van der Waals surface area contributed by atoms with Crippen molar-refractivity contribution in [3.05, 3.63) is 0 Å². The molecule has 0 rings (SSSR count). The second-order valence-corrected chi connectivity index (χ2v) is 4.96. The minimum absolute atomic E-state index is 0.421. The normalized spacial score (nSPS) is 12.2. The summed E-state index contributed by atoms with van der Waals surface area (Å²) in [6, 6.07) is 0. The van der Waals surface area contributed by atoms with Crippen LogP contribution in [0.3, 0.4) is 0 Å². The summed E-state index contributed by atoms with van der Waals surface area (Å²) >= 11 is 5.51. The topological polar surface area (TPSA) is 38.3 Å². The molecule has 0 fully saturated rings. The number of hydrogen-bond donors (Lipinski definition) is 1. The van der Waals surface area contributed by atoms with Gasteiger partial charge < -0.3 is 10.1 Å². The maximum absolute atomic E-state index is 11.0.